The van der Waals surface area contributed by atoms with E-state index in [1.165, 1.54) is 0 Å². The topological polar surface area (TPSA) is 99.5 Å². The van der Waals surface area contributed by atoms with Gasteiger partial charge in [-0.25, -0.2) is 9.78 Å². The summed E-state index contributed by atoms with van der Waals surface area (Å²) in [6, 6.07) is 12.1. The number of aromatic nitrogens is 3. The van der Waals surface area contributed by atoms with Crippen LogP contribution in [0.15, 0.2) is 61.2 Å². The molecule has 2 amide bonds. The van der Waals surface area contributed by atoms with Gasteiger partial charge in [0.05, 0.1) is 26.1 Å². The molecule has 4 aromatic rings. The van der Waals surface area contributed by atoms with Crippen molar-refractivity contribution in [3.05, 3.63) is 61.2 Å². The molecule has 0 bridgehead atoms. The van der Waals surface area contributed by atoms with Crippen LogP contribution in [0.25, 0.3) is 10.9 Å². The Morgan fingerprint density at radius 2 is 1.68 bits per heavy atom. The SMILES string of the molecule is COc1cc2nccc(Oc3ccc(NC(=O)Nc4cn(C)cn4)cc3)c2cc1OC. The smallest absolute Gasteiger partial charge is 0.324 e. The largest absolute Gasteiger partial charge is 0.493 e. The van der Waals surface area contributed by atoms with Gasteiger partial charge in [0.2, 0.25) is 0 Å². The zero-order valence-electron chi connectivity index (χ0n) is 17.2. The fraction of sp³-hybridized carbons (Fsp3) is 0.136. The second kappa shape index (κ2) is 8.62. The molecule has 2 N–H and O–H groups in total. The lowest BCUT2D eigenvalue weighted by atomic mass is 10.2. The number of ether oxygens (including phenoxy) is 3. The number of carbonyl (C=O) groups is 1. The number of rotatable bonds is 6. The molecule has 0 atom stereocenters. The lowest BCUT2D eigenvalue weighted by molar-refractivity contribution is 0.262. The van der Waals surface area contributed by atoms with E-state index in [1.807, 2.05) is 13.1 Å². The van der Waals surface area contributed by atoms with Crippen molar-refractivity contribution in [2.45, 2.75) is 0 Å². The van der Waals surface area contributed by atoms with E-state index in [4.69, 9.17) is 14.2 Å². The number of amides is 2. The van der Waals surface area contributed by atoms with Crippen LogP contribution >= 0.6 is 0 Å². The molecule has 9 heteroatoms. The Morgan fingerprint density at radius 1 is 0.935 bits per heavy atom. The van der Waals surface area contributed by atoms with E-state index in [2.05, 4.69) is 20.6 Å². The van der Waals surface area contributed by atoms with Crippen LogP contribution in [0, 0.1) is 0 Å². The number of aryl methyl sites for hydroxylation is 1. The molecule has 2 heterocycles. The third-order valence-electron chi connectivity index (χ3n) is 4.49. The van der Waals surface area contributed by atoms with Gasteiger partial charge in [-0.3, -0.25) is 10.3 Å². The van der Waals surface area contributed by atoms with E-state index in [1.54, 1.807) is 73.9 Å². The van der Waals surface area contributed by atoms with Crippen molar-refractivity contribution in [1.29, 1.82) is 0 Å². The Hall–Kier alpha value is -4.27. The number of fused-ring (bicyclic) bond motifs is 1. The molecular formula is C22H21N5O4. The Kier molecular flexibility index (Phi) is 5.57. The molecule has 0 aliphatic carbocycles. The number of nitrogens with one attached hydrogen (secondary N) is 2. The van der Waals surface area contributed by atoms with Crippen LogP contribution in [0.5, 0.6) is 23.0 Å². The van der Waals surface area contributed by atoms with E-state index >= 15 is 0 Å². The molecule has 0 fully saturated rings. The number of anilines is 2. The van der Waals surface area contributed by atoms with Crippen molar-refractivity contribution in [2.24, 2.45) is 7.05 Å². The number of pyridine rings is 1. The van der Waals surface area contributed by atoms with E-state index in [9.17, 15) is 4.79 Å². The normalized spacial score (nSPS) is 10.5. The summed E-state index contributed by atoms with van der Waals surface area (Å²) >= 11 is 0. The Morgan fingerprint density at radius 3 is 2.35 bits per heavy atom. The maximum atomic E-state index is 12.1. The van der Waals surface area contributed by atoms with Gasteiger partial charge in [-0.2, -0.15) is 0 Å². The van der Waals surface area contributed by atoms with Crippen molar-refractivity contribution in [1.82, 2.24) is 14.5 Å². The Balaban J connectivity index is 1.48. The molecule has 0 saturated heterocycles. The first kappa shape index (κ1) is 20.0. The van der Waals surface area contributed by atoms with Crippen LogP contribution in [0.3, 0.4) is 0 Å². The summed E-state index contributed by atoms with van der Waals surface area (Å²) in [7, 11) is 4.99. The van der Waals surface area contributed by atoms with E-state index in [0.29, 0.717) is 34.5 Å². The predicted octanol–water partition coefficient (Wildman–Crippen LogP) is 4.42. The Labute approximate surface area is 178 Å². The number of methoxy groups -OCH3 is 2. The first-order valence-electron chi connectivity index (χ1n) is 9.40. The summed E-state index contributed by atoms with van der Waals surface area (Å²) < 4.78 is 18.5. The summed E-state index contributed by atoms with van der Waals surface area (Å²) in [5.41, 5.74) is 1.34. The number of imidazole rings is 1. The number of nitrogens with zero attached hydrogens (tertiary/aromatic N) is 3. The number of hydrogen-bond donors (Lipinski definition) is 2. The molecule has 0 saturated carbocycles. The van der Waals surface area contributed by atoms with Crippen molar-refractivity contribution >= 4 is 28.4 Å². The molecule has 0 radical (unpaired) electrons. The highest BCUT2D eigenvalue weighted by molar-refractivity contribution is 5.99. The summed E-state index contributed by atoms with van der Waals surface area (Å²) in [6.45, 7) is 0. The lowest BCUT2D eigenvalue weighted by Gasteiger charge is -2.12. The molecule has 158 valence electrons. The molecule has 0 unspecified atom stereocenters. The van der Waals surface area contributed by atoms with Crippen LogP contribution in [-0.4, -0.2) is 34.8 Å². The molecule has 0 spiro atoms. The van der Waals surface area contributed by atoms with Crippen LogP contribution in [0.2, 0.25) is 0 Å². The summed E-state index contributed by atoms with van der Waals surface area (Å²) in [5, 5.41) is 6.21. The first-order valence-corrected chi connectivity index (χ1v) is 9.40. The maximum Gasteiger partial charge on any atom is 0.324 e. The average molecular weight is 419 g/mol. The molecular weight excluding hydrogens is 398 g/mol. The number of carbonyl (C=O) groups excluding carboxylic acids is 1. The first-order chi connectivity index (χ1) is 15.1. The summed E-state index contributed by atoms with van der Waals surface area (Å²) in [4.78, 5) is 20.5. The van der Waals surface area contributed by atoms with Gasteiger partial charge >= 0.3 is 6.03 Å². The highest BCUT2D eigenvalue weighted by Crippen LogP contribution is 2.36. The van der Waals surface area contributed by atoms with Crippen molar-refractivity contribution < 1.29 is 19.0 Å². The maximum absolute atomic E-state index is 12.1. The molecule has 9 nitrogen and oxygen atoms in total. The molecule has 4 rings (SSSR count). The molecule has 31 heavy (non-hydrogen) atoms. The number of urea groups is 1. The van der Waals surface area contributed by atoms with Gasteiger partial charge in [0, 0.05) is 36.6 Å². The second-order valence-electron chi connectivity index (χ2n) is 6.66. The van der Waals surface area contributed by atoms with Gasteiger partial charge in [0.15, 0.2) is 17.3 Å². The summed E-state index contributed by atoms with van der Waals surface area (Å²) in [5.74, 6) is 2.89. The van der Waals surface area contributed by atoms with Gasteiger partial charge < -0.3 is 24.1 Å². The average Bonchev–Trinajstić information content (AvgIpc) is 3.18. The zero-order valence-corrected chi connectivity index (χ0v) is 17.2. The molecule has 0 aliphatic rings. The van der Waals surface area contributed by atoms with Crippen molar-refractivity contribution in [2.75, 3.05) is 24.9 Å². The van der Waals surface area contributed by atoms with E-state index < -0.39 is 0 Å². The fourth-order valence-corrected chi connectivity index (χ4v) is 3.03. The predicted molar refractivity (Wildman–Crippen MR) is 117 cm³/mol. The minimum Gasteiger partial charge on any atom is -0.493 e. The fourth-order valence-electron chi connectivity index (χ4n) is 3.03. The van der Waals surface area contributed by atoms with Gasteiger partial charge in [0.1, 0.15) is 11.5 Å². The third-order valence-corrected chi connectivity index (χ3v) is 4.49. The van der Waals surface area contributed by atoms with E-state index in [0.717, 1.165) is 10.9 Å². The molecule has 0 aliphatic heterocycles. The van der Waals surface area contributed by atoms with Gasteiger partial charge in [-0.05, 0) is 36.4 Å². The lowest BCUT2D eigenvalue weighted by Crippen LogP contribution is -2.19. The second-order valence-corrected chi connectivity index (χ2v) is 6.66. The highest BCUT2D eigenvalue weighted by atomic mass is 16.5. The highest BCUT2D eigenvalue weighted by Gasteiger charge is 2.11. The van der Waals surface area contributed by atoms with Crippen molar-refractivity contribution in [3.63, 3.8) is 0 Å². The number of benzene rings is 2. The van der Waals surface area contributed by atoms with Gasteiger partial charge in [-0.1, -0.05) is 0 Å². The minimum atomic E-state index is -0.381. The van der Waals surface area contributed by atoms with Crippen LogP contribution in [0.1, 0.15) is 0 Å². The third kappa shape index (κ3) is 4.50. The zero-order chi connectivity index (χ0) is 21.8. The minimum absolute atomic E-state index is 0.381. The number of hydrogen-bond acceptors (Lipinski definition) is 6. The van der Waals surface area contributed by atoms with Crippen LogP contribution < -0.4 is 24.8 Å². The van der Waals surface area contributed by atoms with Crippen molar-refractivity contribution in [3.8, 4) is 23.0 Å². The van der Waals surface area contributed by atoms with Gasteiger partial charge in [-0.15, -0.1) is 0 Å². The van der Waals surface area contributed by atoms with Crippen LogP contribution in [0.4, 0.5) is 16.3 Å². The monoisotopic (exact) mass is 419 g/mol. The van der Waals surface area contributed by atoms with E-state index in [-0.39, 0.29) is 6.03 Å². The molecule has 2 aromatic carbocycles. The quantitative estimate of drug-likeness (QED) is 0.480. The molecule has 2 aromatic heterocycles. The standard InChI is InChI=1S/C22H21N5O4/c1-27-12-21(24-13-27)26-22(28)25-14-4-6-15(7-5-14)31-18-8-9-23-17-11-20(30-3)19(29-2)10-16(17)18/h4-13H,1-3H3,(H2,25,26,28). The summed E-state index contributed by atoms with van der Waals surface area (Å²) in [6.07, 6.45) is 4.98. The Bertz CT molecular complexity index is 1220. The van der Waals surface area contributed by atoms with Gasteiger partial charge in [0.25, 0.3) is 0 Å². The van der Waals surface area contributed by atoms with Crippen LogP contribution in [-0.2, 0) is 7.05 Å².